The lowest BCUT2D eigenvalue weighted by Crippen LogP contribution is -2.37. The van der Waals surface area contributed by atoms with Crippen molar-refractivity contribution < 1.29 is 18.3 Å². The molecule has 0 aromatic heterocycles. The van der Waals surface area contributed by atoms with E-state index in [2.05, 4.69) is 0 Å². The molecule has 1 N–H and O–H groups in total. The summed E-state index contributed by atoms with van der Waals surface area (Å²) in [4.78, 5) is 11.9. The van der Waals surface area contributed by atoms with Crippen LogP contribution in [0.2, 0.25) is 0 Å². The molecule has 0 amide bonds. The minimum absolute atomic E-state index is 0.191. The third-order valence-corrected chi connectivity index (χ3v) is 5.04. The van der Waals surface area contributed by atoms with Crippen LogP contribution in [0.25, 0.3) is 0 Å². The van der Waals surface area contributed by atoms with Crippen LogP contribution in [0.15, 0.2) is 29.2 Å². The van der Waals surface area contributed by atoms with E-state index in [1.165, 1.54) is 12.1 Å². The molecule has 5 heteroatoms. The van der Waals surface area contributed by atoms with Gasteiger partial charge in [0.25, 0.3) is 0 Å². The van der Waals surface area contributed by atoms with Crippen LogP contribution < -0.4 is 0 Å². The first-order valence-corrected chi connectivity index (χ1v) is 8.29. The van der Waals surface area contributed by atoms with E-state index in [9.17, 15) is 18.3 Å². The molecular weight excluding hydrogens is 264 g/mol. The normalized spacial score (nSPS) is 19.0. The molecule has 0 bridgehead atoms. The maximum Gasteiger partial charge on any atom is 0.314 e. The number of carboxylic acids is 1. The largest absolute Gasteiger partial charge is 0.481 e. The van der Waals surface area contributed by atoms with E-state index >= 15 is 0 Å². The summed E-state index contributed by atoms with van der Waals surface area (Å²) in [5, 5.41) is 9.59. The van der Waals surface area contributed by atoms with Gasteiger partial charge in [0.05, 0.1) is 10.3 Å². The summed E-state index contributed by atoms with van der Waals surface area (Å²) in [6.07, 6.45) is 5.08. The van der Waals surface area contributed by atoms with Gasteiger partial charge in [-0.1, -0.05) is 31.4 Å². The van der Waals surface area contributed by atoms with Crippen LogP contribution >= 0.6 is 0 Å². The van der Waals surface area contributed by atoms with Gasteiger partial charge in [-0.25, -0.2) is 8.42 Å². The van der Waals surface area contributed by atoms with Crippen molar-refractivity contribution in [2.24, 2.45) is 0 Å². The zero-order valence-corrected chi connectivity index (χ0v) is 11.7. The lowest BCUT2D eigenvalue weighted by atomic mass is 9.69. The van der Waals surface area contributed by atoms with Crippen LogP contribution in [-0.2, 0) is 20.0 Å². The molecule has 0 aliphatic heterocycles. The molecule has 1 aliphatic rings. The first-order chi connectivity index (χ1) is 8.86. The Labute approximate surface area is 113 Å². The molecule has 1 aromatic carbocycles. The van der Waals surface area contributed by atoms with E-state index in [0.717, 1.165) is 25.5 Å². The average molecular weight is 282 g/mol. The Balaban J connectivity index is 2.52. The topological polar surface area (TPSA) is 71.4 Å². The zero-order valence-electron chi connectivity index (χ0n) is 10.9. The molecule has 1 saturated carbocycles. The molecule has 2 rings (SSSR count). The molecule has 4 nitrogen and oxygen atoms in total. The predicted molar refractivity (Wildman–Crippen MR) is 72.0 cm³/mol. The Morgan fingerprint density at radius 2 is 1.84 bits per heavy atom. The molecule has 0 unspecified atom stereocenters. The molecule has 104 valence electrons. The highest BCUT2D eigenvalue weighted by atomic mass is 32.2. The van der Waals surface area contributed by atoms with Gasteiger partial charge in [0.2, 0.25) is 0 Å². The van der Waals surface area contributed by atoms with Crippen molar-refractivity contribution in [3.8, 4) is 0 Å². The van der Waals surface area contributed by atoms with E-state index in [1.807, 2.05) is 0 Å². The summed E-state index contributed by atoms with van der Waals surface area (Å²) < 4.78 is 23.2. The number of benzene rings is 1. The van der Waals surface area contributed by atoms with Gasteiger partial charge in [-0.3, -0.25) is 4.79 Å². The van der Waals surface area contributed by atoms with Crippen LogP contribution in [0.3, 0.4) is 0 Å². The van der Waals surface area contributed by atoms with Crippen LogP contribution in [-0.4, -0.2) is 25.7 Å². The number of sulfone groups is 1. The number of aliphatic carboxylic acids is 1. The Morgan fingerprint density at radius 1 is 1.21 bits per heavy atom. The van der Waals surface area contributed by atoms with Crippen molar-refractivity contribution in [3.63, 3.8) is 0 Å². The maximum atomic E-state index is 11.7. The van der Waals surface area contributed by atoms with Crippen LogP contribution in [0, 0.1) is 0 Å². The monoisotopic (exact) mass is 282 g/mol. The summed E-state index contributed by atoms with van der Waals surface area (Å²) in [6, 6.07) is 6.39. The summed E-state index contributed by atoms with van der Waals surface area (Å²) in [5.74, 6) is -0.849. The fourth-order valence-corrected chi connectivity index (χ4v) is 3.47. The molecule has 0 radical (unpaired) electrons. The first kappa shape index (κ1) is 14.1. The highest BCUT2D eigenvalue weighted by Gasteiger charge is 2.41. The van der Waals surface area contributed by atoms with Gasteiger partial charge in [0.1, 0.15) is 0 Å². The lowest BCUT2D eigenvalue weighted by molar-refractivity contribution is -0.145. The van der Waals surface area contributed by atoms with E-state index < -0.39 is 21.2 Å². The summed E-state index contributed by atoms with van der Waals surface area (Å²) in [6.45, 7) is 0. The van der Waals surface area contributed by atoms with Crippen molar-refractivity contribution in [1.29, 1.82) is 0 Å². The number of rotatable bonds is 3. The second kappa shape index (κ2) is 4.96. The maximum absolute atomic E-state index is 11.7. The Bertz CT molecular complexity index is 583. The van der Waals surface area contributed by atoms with Crippen LogP contribution in [0.1, 0.15) is 37.7 Å². The van der Waals surface area contributed by atoms with Gasteiger partial charge in [0.15, 0.2) is 9.84 Å². The molecular formula is C14H18O4S. The SMILES string of the molecule is CS(=O)(=O)c1cccc(C2(C(=O)O)CCCCC2)c1. The van der Waals surface area contributed by atoms with E-state index in [0.29, 0.717) is 18.4 Å². The van der Waals surface area contributed by atoms with Gasteiger partial charge >= 0.3 is 5.97 Å². The van der Waals surface area contributed by atoms with E-state index in [-0.39, 0.29) is 4.90 Å². The van der Waals surface area contributed by atoms with Gasteiger partial charge in [-0.2, -0.15) is 0 Å². The van der Waals surface area contributed by atoms with Gasteiger partial charge in [-0.05, 0) is 30.5 Å². The summed E-state index contributed by atoms with van der Waals surface area (Å²) in [5.41, 5.74) is -0.304. The number of hydrogen-bond acceptors (Lipinski definition) is 3. The van der Waals surface area contributed by atoms with Gasteiger partial charge in [-0.15, -0.1) is 0 Å². The molecule has 0 atom stereocenters. The van der Waals surface area contributed by atoms with Crippen LogP contribution in [0.5, 0.6) is 0 Å². The Hall–Kier alpha value is -1.36. The van der Waals surface area contributed by atoms with Crippen molar-refractivity contribution >= 4 is 15.8 Å². The predicted octanol–water partition coefficient (Wildman–Crippen LogP) is 2.38. The average Bonchev–Trinajstić information content (AvgIpc) is 2.38. The van der Waals surface area contributed by atoms with Gasteiger partial charge < -0.3 is 5.11 Å². The van der Waals surface area contributed by atoms with E-state index in [4.69, 9.17) is 0 Å². The highest BCUT2D eigenvalue weighted by Crippen LogP contribution is 2.40. The van der Waals surface area contributed by atoms with E-state index in [1.54, 1.807) is 12.1 Å². The zero-order chi connectivity index (χ0) is 14.1. The smallest absolute Gasteiger partial charge is 0.314 e. The second-order valence-corrected chi connectivity index (χ2v) is 7.26. The number of carboxylic acid groups (broad SMARTS) is 1. The number of hydrogen-bond donors (Lipinski definition) is 1. The molecule has 1 fully saturated rings. The minimum atomic E-state index is -3.31. The summed E-state index contributed by atoms with van der Waals surface area (Å²) in [7, 11) is -3.31. The van der Waals surface area contributed by atoms with Crippen LogP contribution in [0.4, 0.5) is 0 Å². The van der Waals surface area contributed by atoms with Crippen molar-refractivity contribution in [3.05, 3.63) is 29.8 Å². The minimum Gasteiger partial charge on any atom is -0.481 e. The molecule has 0 saturated heterocycles. The second-order valence-electron chi connectivity index (χ2n) is 5.25. The van der Waals surface area contributed by atoms with Crippen molar-refractivity contribution in [2.45, 2.75) is 42.4 Å². The molecule has 1 aliphatic carbocycles. The quantitative estimate of drug-likeness (QED) is 0.924. The molecule has 0 spiro atoms. The molecule has 19 heavy (non-hydrogen) atoms. The summed E-state index contributed by atoms with van der Waals surface area (Å²) >= 11 is 0. The molecule has 0 heterocycles. The standard InChI is InChI=1S/C14H18O4S/c1-19(17,18)12-7-5-6-11(10-12)14(13(15)16)8-3-2-4-9-14/h5-7,10H,2-4,8-9H2,1H3,(H,15,16). The Kier molecular flexibility index (Phi) is 3.67. The Morgan fingerprint density at radius 3 is 2.37 bits per heavy atom. The number of carbonyl (C=O) groups is 1. The third-order valence-electron chi connectivity index (χ3n) is 3.93. The lowest BCUT2D eigenvalue weighted by Gasteiger charge is -2.33. The fourth-order valence-electron chi connectivity index (χ4n) is 2.81. The molecule has 1 aromatic rings. The highest BCUT2D eigenvalue weighted by molar-refractivity contribution is 7.90. The van der Waals surface area contributed by atoms with Crippen molar-refractivity contribution in [2.75, 3.05) is 6.26 Å². The first-order valence-electron chi connectivity index (χ1n) is 6.40. The third kappa shape index (κ3) is 2.66. The van der Waals surface area contributed by atoms with Crippen molar-refractivity contribution in [1.82, 2.24) is 0 Å². The van der Waals surface area contributed by atoms with Gasteiger partial charge in [0, 0.05) is 6.26 Å². The fraction of sp³-hybridized carbons (Fsp3) is 0.500.